The minimum absolute atomic E-state index is 0.132. The molecule has 8 nitrogen and oxygen atoms in total. The molecule has 4 atom stereocenters. The number of pyridine rings is 1. The Balaban J connectivity index is 1.95. The van der Waals surface area contributed by atoms with Gasteiger partial charge in [-0.25, -0.2) is 4.98 Å². The summed E-state index contributed by atoms with van der Waals surface area (Å²) >= 11 is 0. The highest BCUT2D eigenvalue weighted by molar-refractivity contribution is 5.97. The number of fused-ring (bicyclic) bond motifs is 1. The standard InChI is InChI=1S/C26H31N3O5/c1-17-14-29(18(2)16-30)26(33)22-12-20(11-10-19(3)31)13-27-24(22)34-23(17)15-28(4)25(32)21-8-6-5-7-9-21/h5-9,12-13,17-19,23,30-31H,14-16H2,1-4H3/t17-,18-,19+,23+/m1/s1. The van der Waals surface area contributed by atoms with Gasteiger partial charge in [-0.15, -0.1) is 0 Å². The van der Waals surface area contributed by atoms with Crippen LogP contribution in [0.3, 0.4) is 0 Å². The van der Waals surface area contributed by atoms with Crippen molar-refractivity contribution in [1.29, 1.82) is 0 Å². The van der Waals surface area contributed by atoms with Gasteiger partial charge in [0.15, 0.2) is 0 Å². The van der Waals surface area contributed by atoms with Crippen LogP contribution in [0.25, 0.3) is 0 Å². The first kappa shape index (κ1) is 25.2. The third-order valence-corrected chi connectivity index (χ3v) is 5.77. The van der Waals surface area contributed by atoms with Crippen LogP contribution in [-0.4, -0.2) is 81.8 Å². The number of carbonyl (C=O) groups excluding carboxylic acids is 2. The molecule has 3 rings (SSSR count). The van der Waals surface area contributed by atoms with Crippen molar-refractivity contribution in [2.45, 2.75) is 39.0 Å². The maximum Gasteiger partial charge on any atom is 0.259 e. The van der Waals surface area contributed by atoms with Crippen LogP contribution >= 0.6 is 0 Å². The van der Waals surface area contributed by atoms with Gasteiger partial charge in [0.25, 0.3) is 11.8 Å². The van der Waals surface area contributed by atoms with Crippen LogP contribution in [0, 0.1) is 17.8 Å². The number of amides is 2. The van der Waals surface area contributed by atoms with E-state index >= 15 is 0 Å². The summed E-state index contributed by atoms with van der Waals surface area (Å²) in [6.45, 7) is 5.70. The van der Waals surface area contributed by atoms with Gasteiger partial charge in [0, 0.05) is 36.8 Å². The van der Waals surface area contributed by atoms with Crippen LogP contribution in [0.5, 0.6) is 5.88 Å². The quantitative estimate of drug-likeness (QED) is 0.653. The maximum absolute atomic E-state index is 13.4. The van der Waals surface area contributed by atoms with E-state index < -0.39 is 18.2 Å². The predicted molar refractivity (Wildman–Crippen MR) is 127 cm³/mol. The minimum Gasteiger partial charge on any atom is -0.472 e. The van der Waals surface area contributed by atoms with E-state index in [0.29, 0.717) is 17.7 Å². The van der Waals surface area contributed by atoms with Gasteiger partial charge in [-0.05, 0) is 32.0 Å². The highest BCUT2D eigenvalue weighted by Crippen LogP contribution is 2.27. The van der Waals surface area contributed by atoms with E-state index in [-0.39, 0.29) is 42.3 Å². The van der Waals surface area contributed by atoms with Gasteiger partial charge < -0.3 is 24.7 Å². The molecule has 180 valence electrons. The van der Waals surface area contributed by atoms with Crippen LogP contribution < -0.4 is 4.74 Å². The second kappa shape index (κ2) is 11.1. The van der Waals surface area contributed by atoms with Crippen LogP contribution in [0.1, 0.15) is 47.1 Å². The molecule has 2 heterocycles. The van der Waals surface area contributed by atoms with Crippen molar-refractivity contribution < 1.29 is 24.5 Å². The number of benzene rings is 1. The molecule has 1 aliphatic rings. The first-order valence-corrected chi connectivity index (χ1v) is 11.3. The summed E-state index contributed by atoms with van der Waals surface area (Å²) in [6, 6.07) is 10.2. The summed E-state index contributed by atoms with van der Waals surface area (Å²) in [4.78, 5) is 33.8. The Kier molecular flexibility index (Phi) is 8.26. The van der Waals surface area contributed by atoms with Crippen LogP contribution in [0.2, 0.25) is 0 Å². The number of hydrogen-bond donors (Lipinski definition) is 2. The first-order chi connectivity index (χ1) is 16.2. The molecule has 0 radical (unpaired) electrons. The summed E-state index contributed by atoms with van der Waals surface area (Å²) in [5.41, 5.74) is 1.27. The molecule has 0 fully saturated rings. The predicted octanol–water partition coefficient (Wildman–Crippen LogP) is 1.81. The topological polar surface area (TPSA) is 103 Å². The van der Waals surface area contributed by atoms with Gasteiger partial charge >= 0.3 is 0 Å². The molecule has 0 aliphatic carbocycles. The smallest absolute Gasteiger partial charge is 0.259 e. The highest BCUT2D eigenvalue weighted by Gasteiger charge is 2.34. The highest BCUT2D eigenvalue weighted by atomic mass is 16.5. The number of rotatable bonds is 5. The lowest BCUT2D eigenvalue weighted by Crippen LogP contribution is -2.50. The zero-order valence-corrected chi connectivity index (χ0v) is 19.9. The minimum atomic E-state index is -0.817. The van der Waals surface area contributed by atoms with Crippen molar-refractivity contribution >= 4 is 11.8 Å². The Hall–Kier alpha value is -3.41. The molecule has 1 aromatic carbocycles. The van der Waals surface area contributed by atoms with Crippen LogP contribution in [0.4, 0.5) is 0 Å². The fraction of sp³-hybridized carbons (Fsp3) is 0.423. The average Bonchev–Trinajstić information content (AvgIpc) is 2.84. The summed E-state index contributed by atoms with van der Waals surface area (Å²) < 4.78 is 6.21. The lowest BCUT2D eigenvalue weighted by Gasteiger charge is -2.37. The van der Waals surface area contributed by atoms with E-state index in [0.717, 1.165) is 0 Å². The first-order valence-electron chi connectivity index (χ1n) is 11.3. The van der Waals surface area contributed by atoms with E-state index in [1.165, 1.54) is 6.20 Å². The Morgan fingerprint density at radius 1 is 1.32 bits per heavy atom. The van der Waals surface area contributed by atoms with Crippen LogP contribution in [-0.2, 0) is 0 Å². The molecule has 0 saturated carbocycles. The zero-order chi connectivity index (χ0) is 24.8. The molecule has 2 amide bonds. The summed E-state index contributed by atoms with van der Waals surface area (Å²) in [6.07, 6.45) is 0.228. The maximum atomic E-state index is 13.4. The Morgan fingerprint density at radius 2 is 2.03 bits per heavy atom. The molecule has 1 aliphatic heterocycles. The van der Waals surface area contributed by atoms with Crippen molar-refractivity contribution in [3.05, 3.63) is 59.3 Å². The normalized spacial score (nSPS) is 19.5. The number of hydrogen-bond acceptors (Lipinski definition) is 6. The van der Waals surface area contributed by atoms with Crippen molar-refractivity contribution in [2.75, 3.05) is 26.7 Å². The summed E-state index contributed by atoms with van der Waals surface area (Å²) in [7, 11) is 1.71. The molecule has 2 N–H and O–H groups in total. The largest absolute Gasteiger partial charge is 0.472 e. The Morgan fingerprint density at radius 3 is 2.68 bits per heavy atom. The third kappa shape index (κ3) is 5.93. The molecule has 0 bridgehead atoms. The molecule has 34 heavy (non-hydrogen) atoms. The number of likely N-dealkylation sites (N-methyl/N-ethyl adjacent to an activating group) is 1. The number of nitrogens with zero attached hydrogens (tertiary/aromatic N) is 3. The van der Waals surface area contributed by atoms with Crippen molar-refractivity contribution in [3.63, 3.8) is 0 Å². The van der Waals surface area contributed by atoms with E-state index in [4.69, 9.17) is 4.74 Å². The Bertz CT molecular complexity index is 1080. The zero-order valence-electron chi connectivity index (χ0n) is 19.9. The second-order valence-corrected chi connectivity index (χ2v) is 8.70. The lowest BCUT2D eigenvalue weighted by atomic mass is 9.99. The third-order valence-electron chi connectivity index (χ3n) is 5.77. The number of carbonyl (C=O) groups is 2. The van der Waals surface area contributed by atoms with Gasteiger partial charge in [0.05, 0.1) is 19.2 Å². The Labute approximate surface area is 200 Å². The SMILES string of the molecule is C[C@H](O)C#Cc1cnc2c(c1)C(=O)N([C@H](C)CO)C[C@@H](C)[C@H](CN(C)C(=O)c1ccccc1)O2. The van der Waals surface area contributed by atoms with Gasteiger partial charge in [0.2, 0.25) is 5.88 Å². The van der Waals surface area contributed by atoms with Crippen molar-refractivity contribution in [1.82, 2.24) is 14.8 Å². The fourth-order valence-electron chi connectivity index (χ4n) is 3.73. The summed E-state index contributed by atoms with van der Waals surface area (Å²) in [5.74, 6) is 5.00. The van der Waals surface area contributed by atoms with E-state index in [1.807, 2.05) is 25.1 Å². The molecular weight excluding hydrogens is 434 g/mol. The molecule has 2 aromatic rings. The van der Waals surface area contributed by atoms with E-state index in [9.17, 15) is 19.8 Å². The van der Waals surface area contributed by atoms with Crippen molar-refractivity contribution in [3.8, 4) is 17.7 Å². The van der Waals surface area contributed by atoms with Gasteiger partial charge in [0.1, 0.15) is 17.8 Å². The molecule has 0 unspecified atom stereocenters. The average molecular weight is 466 g/mol. The second-order valence-electron chi connectivity index (χ2n) is 8.70. The monoisotopic (exact) mass is 465 g/mol. The number of aliphatic hydroxyl groups is 2. The van der Waals surface area contributed by atoms with E-state index in [2.05, 4.69) is 16.8 Å². The van der Waals surface area contributed by atoms with Gasteiger partial charge in [-0.1, -0.05) is 37.0 Å². The fourth-order valence-corrected chi connectivity index (χ4v) is 3.73. The molecule has 1 aromatic heterocycles. The van der Waals surface area contributed by atoms with Gasteiger partial charge in [-0.3, -0.25) is 9.59 Å². The van der Waals surface area contributed by atoms with Crippen molar-refractivity contribution in [2.24, 2.45) is 5.92 Å². The van der Waals surface area contributed by atoms with Crippen LogP contribution in [0.15, 0.2) is 42.6 Å². The number of ether oxygens (including phenoxy) is 1. The van der Waals surface area contributed by atoms with Gasteiger partial charge in [-0.2, -0.15) is 0 Å². The summed E-state index contributed by atoms with van der Waals surface area (Å²) in [5, 5.41) is 19.2. The number of aliphatic hydroxyl groups excluding tert-OH is 2. The lowest BCUT2D eigenvalue weighted by molar-refractivity contribution is 0.0313. The molecule has 0 saturated heterocycles. The molecular formula is C26H31N3O5. The number of aromatic nitrogens is 1. The molecule has 8 heteroatoms. The molecule has 0 spiro atoms. The van der Waals surface area contributed by atoms with E-state index in [1.54, 1.807) is 48.9 Å².